The maximum Gasteiger partial charge on any atom is 0.307 e. The Kier molecular flexibility index (Phi) is 4.24. The number of hydrogen-bond acceptors (Lipinski definition) is 2. The minimum atomic E-state index is -0.856. The van der Waals surface area contributed by atoms with E-state index in [0.29, 0.717) is 0 Å². The summed E-state index contributed by atoms with van der Waals surface area (Å²) in [7, 11) is 0. The fraction of sp³-hybridized carbons (Fsp3) is 0.474. The number of carbonyl (C=O) groups excluding carboxylic acids is 1. The van der Waals surface area contributed by atoms with E-state index in [9.17, 15) is 14.7 Å². The lowest BCUT2D eigenvalue weighted by atomic mass is 9.82. The second-order valence-electron chi connectivity index (χ2n) is 6.72. The highest BCUT2D eigenvalue weighted by Crippen LogP contribution is 2.48. The number of hydrogen-bond donors (Lipinski definition) is 2. The molecule has 4 heteroatoms. The topological polar surface area (TPSA) is 66.4 Å². The molecule has 2 bridgehead atoms. The van der Waals surface area contributed by atoms with E-state index in [2.05, 4.69) is 5.32 Å². The summed E-state index contributed by atoms with van der Waals surface area (Å²) in [5.74, 6) is -1.93. The van der Waals surface area contributed by atoms with Gasteiger partial charge in [-0.3, -0.25) is 9.59 Å². The number of carboxylic acids is 1. The zero-order chi connectivity index (χ0) is 16.6. The average Bonchev–Trinajstić information content (AvgIpc) is 3.14. The Bertz CT molecular complexity index is 635. The monoisotopic (exact) mass is 313 g/mol. The SMILES string of the molecule is CC[C@H](NC(=O)[C@@H]1[C@@H](C(=O)O)[C@H]2C=C[C@@H]1C2)c1ccc(C)cc1. The maximum absolute atomic E-state index is 12.8. The van der Waals surface area contributed by atoms with Gasteiger partial charge in [0.1, 0.15) is 0 Å². The van der Waals surface area contributed by atoms with E-state index in [1.54, 1.807) is 0 Å². The van der Waals surface area contributed by atoms with Gasteiger partial charge in [-0.15, -0.1) is 0 Å². The molecule has 5 atom stereocenters. The van der Waals surface area contributed by atoms with E-state index in [0.717, 1.165) is 18.4 Å². The van der Waals surface area contributed by atoms with E-state index >= 15 is 0 Å². The van der Waals surface area contributed by atoms with Crippen LogP contribution in [-0.2, 0) is 9.59 Å². The molecule has 1 fully saturated rings. The minimum absolute atomic E-state index is 0.00713. The Morgan fingerprint density at radius 2 is 1.78 bits per heavy atom. The molecule has 2 aliphatic carbocycles. The number of rotatable bonds is 5. The molecular weight excluding hydrogens is 290 g/mol. The third kappa shape index (κ3) is 2.90. The van der Waals surface area contributed by atoms with Gasteiger partial charge >= 0.3 is 5.97 Å². The highest BCUT2D eigenvalue weighted by Gasteiger charge is 2.51. The van der Waals surface area contributed by atoms with E-state index in [1.165, 1.54) is 5.56 Å². The highest BCUT2D eigenvalue weighted by atomic mass is 16.4. The van der Waals surface area contributed by atoms with E-state index in [4.69, 9.17) is 0 Å². The maximum atomic E-state index is 12.8. The number of carboxylic acid groups (broad SMARTS) is 1. The van der Waals surface area contributed by atoms with Gasteiger partial charge < -0.3 is 10.4 Å². The Labute approximate surface area is 136 Å². The third-order valence-electron chi connectivity index (χ3n) is 5.25. The number of carbonyl (C=O) groups is 2. The summed E-state index contributed by atoms with van der Waals surface area (Å²) in [6.45, 7) is 4.06. The first-order valence-electron chi connectivity index (χ1n) is 8.29. The van der Waals surface area contributed by atoms with Crippen LogP contribution in [0.5, 0.6) is 0 Å². The van der Waals surface area contributed by atoms with Gasteiger partial charge in [-0.05, 0) is 37.2 Å². The third-order valence-corrected chi connectivity index (χ3v) is 5.25. The Balaban J connectivity index is 1.76. The van der Waals surface area contributed by atoms with Crippen molar-refractivity contribution < 1.29 is 14.7 Å². The molecule has 23 heavy (non-hydrogen) atoms. The summed E-state index contributed by atoms with van der Waals surface area (Å²) < 4.78 is 0. The van der Waals surface area contributed by atoms with Gasteiger partial charge in [0.25, 0.3) is 0 Å². The van der Waals surface area contributed by atoms with Crippen LogP contribution in [-0.4, -0.2) is 17.0 Å². The summed E-state index contributed by atoms with van der Waals surface area (Å²) in [5, 5.41) is 12.6. The van der Waals surface area contributed by atoms with Crippen LogP contribution in [0.4, 0.5) is 0 Å². The average molecular weight is 313 g/mol. The van der Waals surface area contributed by atoms with E-state index < -0.39 is 17.8 Å². The van der Waals surface area contributed by atoms with Gasteiger partial charge in [-0.25, -0.2) is 0 Å². The van der Waals surface area contributed by atoms with Crippen LogP contribution in [0.25, 0.3) is 0 Å². The molecule has 0 saturated heterocycles. The summed E-state index contributed by atoms with van der Waals surface area (Å²) in [6.07, 6.45) is 5.55. The van der Waals surface area contributed by atoms with Crippen LogP contribution in [0.15, 0.2) is 36.4 Å². The standard InChI is InChI=1S/C19H23NO3/c1-3-15(12-6-4-11(2)5-7-12)20-18(21)16-13-8-9-14(10-13)17(16)19(22)23/h4-9,13-17H,3,10H2,1-2H3,(H,20,21)(H,22,23)/t13-,14+,15+,16+,17+/m1/s1. The summed E-state index contributed by atoms with van der Waals surface area (Å²) in [4.78, 5) is 24.3. The molecule has 0 aliphatic heterocycles. The van der Waals surface area contributed by atoms with Crippen LogP contribution < -0.4 is 5.32 Å². The zero-order valence-corrected chi connectivity index (χ0v) is 13.5. The lowest BCUT2D eigenvalue weighted by Crippen LogP contribution is -2.41. The van der Waals surface area contributed by atoms with Gasteiger partial charge in [0.05, 0.1) is 17.9 Å². The van der Waals surface area contributed by atoms with Crippen LogP contribution in [0.3, 0.4) is 0 Å². The van der Waals surface area contributed by atoms with E-state index in [1.807, 2.05) is 50.3 Å². The predicted molar refractivity (Wildman–Crippen MR) is 87.7 cm³/mol. The fourth-order valence-electron chi connectivity index (χ4n) is 4.00. The second-order valence-corrected chi connectivity index (χ2v) is 6.72. The van der Waals surface area contributed by atoms with Crippen LogP contribution in [0, 0.1) is 30.6 Å². The summed E-state index contributed by atoms with van der Waals surface area (Å²) in [5.41, 5.74) is 2.25. The molecule has 0 heterocycles. The largest absolute Gasteiger partial charge is 0.481 e. The first-order valence-corrected chi connectivity index (χ1v) is 8.29. The van der Waals surface area contributed by atoms with Crippen molar-refractivity contribution in [1.29, 1.82) is 0 Å². The van der Waals surface area contributed by atoms with E-state index in [-0.39, 0.29) is 23.8 Å². The first-order chi connectivity index (χ1) is 11.0. The van der Waals surface area contributed by atoms with Crippen molar-refractivity contribution in [2.24, 2.45) is 23.7 Å². The fourth-order valence-corrected chi connectivity index (χ4v) is 4.00. The number of aryl methyl sites for hydroxylation is 1. The lowest BCUT2D eigenvalue weighted by Gasteiger charge is -2.26. The molecule has 0 unspecified atom stereocenters. The Hall–Kier alpha value is -2.10. The quantitative estimate of drug-likeness (QED) is 0.821. The minimum Gasteiger partial charge on any atom is -0.481 e. The molecule has 2 N–H and O–H groups in total. The smallest absolute Gasteiger partial charge is 0.307 e. The van der Waals surface area contributed by atoms with Crippen molar-refractivity contribution in [3.8, 4) is 0 Å². The van der Waals surface area contributed by atoms with Crippen LogP contribution >= 0.6 is 0 Å². The van der Waals surface area contributed by atoms with Gasteiger partial charge in [-0.1, -0.05) is 48.9 Å². The number of amides is 1. The molecule has 0 spiro atoms. The van der Waals surface area contributed by atoms with Crippen LogP contribution in [0.2, 0.25) is 0 Å². The normalized spacial score (nSPS) is 29.5. The van der Waals surface area contributed by atoms with Gasteiger partial charge in [-0.2, -0.15) is 0 Å². The lowest BCUT2D eigenvalue weighted by molar-refractivity contribution is -0.148. The molecule has 122 valence electrons. The molecule has 1 aromatic rings. The number of aliphatic carboxylic acids is 1. The molecule has 0 radical (unpaired) electrons. The number of nitrogens with one attached hydrogen (secondary N) is 1. The van der Waals surface area contributed by atoms with Crippen molar-refractivity contribution in [2.75, 3.05) is 0 Å². The van der Waals surface area contributed by atoms with Gasteiger partial charge in [0.15, 0.2) is 0 Å². The van der Waals surface area contributed by atoms with Crippen molar-refractivity contribution in [2.45, 2.75) is 32.7 Å². The number of benzene rings is 1. The zero-order valence-electron chi connectivity index (χ0n) is 13.5. The Morgan fingerprint density at radius 1 is 1.17 bits per heavy atom. The summed E-state index contributed by atoms with van der Waals surface area (Å²) in [6, 6.07) is 8.05. The second kappa shape index (κ2) is 6.19. The predicted octanol–water partition coefficient (Wildman–Crippen LogP) is 3.09. The molecule has 2 aliphatic rings. The van der Waals surface area contributed by atoms with Gasteiger partial charge in [0, 0.05) is 0 Å². The number of fused-ring (bicyclic) bond motifs is 2. The molecule has 3 rings (SSSR count). The molecule has 0 aromatic heterocycles. The molecule has 1 aromatic carbocycles. The molecule has 1 amide bonds. The number of allylic oxidation sites excluding steroid dienone is 2. The molecule has 1 saturated carbocycles. The Morgan fingerprint density at radius 3 is 2.35 bits per heavy atom. The summed E-state index contributed by atoms with van der Waals surface area (Å²) >= 11 is 0. The highest BCUT2D eigenvalue weighted by molar-refractivity contribution is 5.87. The van der Waals surface area contributed by atoms with Crippen molar-refractivity contribution >= 4 is 11.9 Å². The van der Waals surface area contributed by atoms with Crippen LogP contribution in [0.1, 0.15) is 36.9 Å². The first kappa shape index (κ1) is 15.8. The van der Waals surface area contributed by atoms with Crippen molar-refractivity contribution in [3.05, 3.63) is 47.5 Å². The molecule has 4 nitrogen and oxygen atoms in total. The van der Waals surface area contributed by atoms with Gasteiger partial charge in [0.2, 0.25) is 5.91 Å². The van der Waals surface area contributed by atoms with Crippen molar-refractivity contribution in [1.82, 2.24) is 5.32 Å². The van der Waals surface area contributed by atoms with Crippen molar-refractivity contribution in [3.63, 3.8) is 0 Å². The molecular formula is C19H23NO3.